The summed E-state index contributed by atoms with van der Waals surface area (Å²) in [6.07, 6.45) is 0. The maximum Gasteiger partial charge on any atom is 0.264 e. The van der Waals surface area contributed by atoms with Gasteiger partial charge in [-0.3, -0.25) is 9.48 Å². The summed E-state index contributed by atoms with van der Waals surface area (Å²) in [4.78, 5) is 16.9. The average Bonchev–Trinajstić information content (AvgIpc) is 3.14. The molecule has 0 saturated heterocycles. The standard InChI is InChI=1S/C21H27N3OS/c1-14(2)12-23(15(3)4)20(25)19-11-18-16(5)22-24(21(18)26-19)13-17-9-7-6-8-10-17/h6-11,14-15H,12-13H2,1-5H3. The molecule has 1 amide bonds. The van der Waals surface area contributed by atoms with Crippen LogP contribution < -0.4 is 0 Å². The number of hydrogen-bond acceptors (Lipinski definition) is 3. The molecule has 3 aromatic rings. The van der Waals surface area contributed by atoms with Gasteiger partial charge in [0, 0.05) is 18.0 Å². The third kappa shape index (κ3) is 3.83. The van der Waals surface area contributed by atoms with E-state index in [0.29, 0.717) is 5.92 Å². The lowest BCUT2D eigenvalue weighted by Crippen LogP contribution is -2.39. The largest absolute Gasteiger partial charge is 0.335 e. The summed E-state index contributed by atoms with van der Waals surface area (Å²) >= 11 is 1.55. The first kappa shape index (κ1) is 18.6. The van der Waals surface area contributed by atoms with Crippen molar-refractivity contribution in [3.8, 4) is 0 Å². The molecule has 0 radical (unpaired) electrons. The van der Waals surface area contributed by atoms with Gasteiger partial charge in [0.2, 0.25) is 0 Å². The van der Waals surface area contributed by atoms with E-state index < -0.39 is 0 Å². The zero-order valence-corrected chi connectivity index (χ0v) is 17.0. The molecular formula is C21H27N3OS. The number of hydrogen-bond donors (Lipinski definition) is 0. The van der Waals surface area contributed by atoms with Crippen LogP contribution in [0.3, 0.4) is 0 Å². The van der Waals surface area contributed by atoms with Crippen molar-refractivity contribution in [1.29, 1.82) is 0 Å². The molecule has 3 rings (SSSR count). The topological polar surface area (TPSA) is 38.1 Å². The number of fused-ring (bicyclic) bond motifs is 1. The Balaban J connectivity index is 1.93. The fraction of sp³-hybridized carbons (Fsp3) is 0.429. The third-order valence-corrected chi connectivity index (χ3v) is 5.58. The van der Waals surface area contributed by atoms with Crippen LogP contribution in [0.25, 0.3) is 10.2 Å². The van der Waals surface area contributed by atoms with E-state index in [0.717, 1.165) is 33.9 Å². The van der Waals surface area contributed by atoms with Crippen LogP contribution in [0.1, 0.15) is 48.6 Å². The molecule has 2 aromatic heterocycles. The highest BCUT2D eigenvalue weighted by molar-refractivity contribution is 7.20. The maximum absolute atomic E-state index is 13.1. The number of benzene rings is 1. The Morgan fingerprint density at radius 3 is 2.50 bits per heavy atom. The third-order valence-electron chi connectivity index (χ3n) is 4.44. The maximum atomic E-state index is 13.1. The quantitative estimate of drug-likeness (QED) is 0.616. The first-order valence-corrected chi connectivity index (χ1v) is 10.00. The molecule has 1 aromatic carbocycles. The molecule has 0 spiro atoms. The Bertz CT molecular complexity index is 893. The molecule has 5 heteroatoms. The van der Waals surface area contributed by atoms with Gasteiger partial charge < -0.3 is 4.90 Å². The Labute approximate surface area is 159 Å². The van der Waals surface area contributed by atoms with Crippen LogP contribution in [0, 0.1) is 12.8 Å². The first-order chi connectivity index (χ1) is 12.4. The lowest BCUT2D eigenvalue weighted by Gasteiger charge is -2.28. The summed E-state index contributed by atoms with van der Waals surface area (Å²) in [6, 6.07) is 12.5. The summed E-state index contributed by atoms with van der Waals surface area (Å²) in [5, 5.41) is 5.76. The van der Waals surface area contributed by atoms with Crippen molar-refractivity contribution in [2.45, 2.75) is 47.2 Å². The van der Waals surface area contributed by atoms with Gasteiger partial charge in [-0.1, -0.05) is 44.2 Å². The normalized spacial score (nSPS) is 11.7. The molecule has 0 atom stereocenters. The molecule has 0 aliphatic carbocycles. The fourth-order valence-corrected chi connectivity index (χ4v) is 4.26. The molecule has 0 N–H and O–H groups in total. The number of aryl methyl sites for hydroxylation is 1. The second-order valence-corrected chi connectivity index (χ2v) is 8.53. The summed E-state index contributed by atoms with van der Waals surface area (Å²) in [5.41, 5.74) is 2.19. The van der Waals surface area contributed by atoms with Crippen molar-refractivity contribution in [3.63, 3.8) is 0 Å². The van der Waals surface area contributed by atoms with Crippen molar-refractivity contribution in [2.75, 3.05) is 6.54 Å². The molecule has 0 saturated carbocycles. The van der Waals surface area contributed by atoms with Gasteiger partial charge in [0.05, 0.1) is 17.1 Å². The summed E-state index contributed by atoms with van der Waals surface area (Å²) in [7, 11) is 0. The van der Waals surface area contributed by atoms with Crippen molar-refractivity contribution in [3.05, 3.63) is 52.5 Å². The van der Waals surface area contributed by atoms with Gasteiger partial charge in [0.25, 0.3) is 5.91 Å². The van der Waals surface area contributed by atoms with E-state index in [2.05, 4.69) is 44.9 Å². The molecule has 4 nitrogen and oxygen atoms in total. The lowest BCUT2D eigenvalue weighted by molar-refractivity contribution is 0.0687. The summed E-state index contributed by atoms with van der Waals surface area (Å²) in [6.45, 7) is 12.0. The van der Waals surface area contributed by atoms with Crippen LogP contribution in [-0.4, -0.2) is 33.2 Å². The molecule has 26 heavy (non-hydrogen) atoms. The fourth-order valence-electron chi connectivity index (χ4n) is 3.14. The van der Waals surface area contributed by atoms with Crippen LogP contribution in [0.15, 0.2) is 36.4 Å². The minimum Gasteiger partial charge on any atom is -0.335 e. The highest BCUT2D eigenvalue weighted by Crippen LogP contribution is 2.30. The minimum atomic E-state index is 0.126. The monoisotopic (exact) mass is 369 g/mol. The Hall–Kier alpha value is -2.14. The molecule has 0 unspecified atom stereocenters. The van der Waals surface area contributed by atoms with Gasteiger partial charge in [-0.2, -0.15) is 5.10 Å². The highest BCUT2D eigenvalue weighted by atomic mass is 32.1. The number of carbonyl (C=O) groups excluding carboxylic acids is 1. The van der Waals surface area contributed by atoms with E-state index in [-0.39, 0.29) is 11.9 Å². The molecule has 0 bridgehead atoms. The van der Waals surface area contributed by atoms with Crippen LogP contribution >= 0.6 is 11.3 Å². The molecule has 0 fully saturated rings. The SMILES string of the molecule is Cc1nn(Cc2ccccc2)c2sc(C(=O)N(CC(C)C)C(C)C)cc12. The van der Waals surface area contributed by atoms with E-state index in [1.165, 1.54) is 5.56 Å². The number of nitrogens with zero attached hydrogens (tertiary/aromatic N) is 3. The Kier molecular flexibility index (Phi) is 5.47. The summed E-state index contributed by atoms with van der Waals surface area (Å²) in [5.74, 6) is 0.576. The van der Waals surface area contributed by atoms with Gasteiger partial charge >= 0.3 is 0 Å². The number of amides is 1. The van der Waals surface area contributed by atoms with E-state index in [1.54, 1.807) is 11.3 Å². The molecule has 0 aliphatic rings. The molecular weight excluding hydrogens is 342 g/mol. The zero-order chi connectivity index (χ0) is 18.8. The number of rotatable bonds is 6. The molecule has 2 heterocycles. The predicted molar refractivity (Wildman–Crippen MR) is 109 cm³/mol. The van der Waals surface area contributed by atoms with E-state index in [9.17, 15) is 4.79 Å². The Morgan fingerprint density at radius 1 is 1.19 bits per heavy atom. The van der Waals surface area contributed by atoms with E-state index >= 15 is 0 Å². The molecule has 138 valence electrons. The smallest absolute Gasteiger partial charge is 0.264 e. The van der Waals surface area contributed by atoms with Crippen LogP contribution in [0.4, 0.5) is 0 Å². The number of carbonyl (C=O) groups is 1. The van der Waals surface area contributed by atoms with Crippen molar-refractivity contribution >= 4 is 27.5 Å². The van der Waals surface area contributed by atoms with Crippen molar-refractivity contribution < 1.29 is 4.79 Å². The molecule has 0 aliphatic heterocycles. The number of aromatic nitrogens is 2. The minimum absolute atomic E-state index is 0.126. The Morgan fingerprint density at radius 2 is 1.88 bits per heavy atom. The van der Waals surface area contributed by atoms with Gasteiger partial charge in [-0.15, -0.1) is 11.3 Å². The van der Waals surface area contributed by atoms with E-state index in [4.69, 9.17) is 0 Å². The first-order valence-electron chi connectivity index (χ1n) is 9.18. The van der Waals surface area contributed by atoms with Crippen LogP contribution in [-0.2, 0) is 6.54 Å². The van der Waals surface area contributed by atoms with Gasteiger partial charge in [-0.25, -0.2) is 0 Å². The van der Waals surface area contributed by atoms with E-state index in [1.807, 2.05) is 40.8 Å². The predicted octanol–water partition coefficient (Wildman–Crippen LogP) is 4.96. The lowest BCUT2D eigenvalue weighted by atomic mass is 10.1. The zero-order valence-electron chi connectivity index (χ0n) is 16.2. The van der Waals surface area contributed by atoms with Gasteiger partial charge in [-0.05, 0) is 38.3 Å². The van der Waals surface area contributed by atoms with Crippen molar-refractivity contribution in [2.24, 2.45) is 5.92 Å². The van der Waals surface area contributed by atoms with Crippen LogP contribution in [0.2, 0.25) is 0 Å². The average molecular weight is 370 g/mol. The van der Waals surface area contributed by atoms with Crippen LogP contribution in [0.5, 0.6) is 0 Å². The highest BCUT2D eigenvalue weighted by Gasteiger charge is 2.23. The van der Waals surface area contributed by atoms with Gasteiger partial charge in [0.15, 0.2) is 0 Å². The van der Waals surface area contributed by atoms with Crippen molar-refractivity contribution in [1.82, 2.24) is 14.7 Å². The second kappa shape index (κ2) is 7.62. The summed E-state index contributed by atoms with van der Waals surface area (Å²) < 4.78 is 2.02. The van der Waals surface area contributed by atoms with Gasteiger partial charge in [0.1, 0.15) is 4.83 Å². The number of thiophene rings is 1. The second-order valence-electron chi connectivity index (χ2n) is 7.50.